The molecule has 134 valence electrons. The lowest BCUT2D eigenvalue weighted by atomic mass is 9.88. The minimum Gasteiger partial charge on any atom is -0.466 e. The number of aliphatic hydroxyl groups excluding tert-OH is 1. The van der Waals surface area contributed by atoms with Crippen molar-refractivity contribution < 1.29 is 14.6 Å². The summed E-state index contributed by atoms with van der Waals surface area (Å²) in [5, 5.41) is 10.1. The number of esters is 1. The molecule has 3 atom stereocenters. The van der Waals surface area contributed by atoms with Crippen molar-refractivity contribution in [3.05, 3.63) is 35.9 Å². The van der Waals surface area contributed by atoms with Crippen molar-refractivity contribution in [2.75, 3.05) is 13.2 Å². The van der Waals surface area contributed by atoms with Crippen LogP contribution in [0.15, 0.2) is 30.3 Å². The van der Waals surface area contributed by atoms with Crippen LogP contribution in [0.5, 0.6) is 0 Å². The molecular formula is C20H31NO3. The van der Waals surface area contributed by atoms with E-state index in [4.69, 9.17) is 4.74 Å². The van der Waals surface area contributed by atoms with Gasteiger partial charge < -0.3 is 9.84 Å². The molecule has 1 aromatic carbocycles. The predicted molar refractivity (Wildman–Crippen MR) is 95.7 cm³/mol. The van der Waals surface area contributed by atoms with Crippen LogP contribution in [0, 0.1) is 0 Å². The fourth-order valence-corrected chi connectivity index (χ4v) is 3.99. The first-order valence-electron chi connectivity index (χ1n) is 9.30. The van der Waals surface area contributed by atoms with Gasteiger partial charge in [-0.3, -0.25) is 9.69 Å². The van der Waals surface area contributed by atoms with E-state index in [0.29, 0.717) is 19.1 Å². The van der Waals surface area contributed by atoms with E-state index in [-0.39, 0.29) is 24.7 Å². The van der Waals surface area contributed by atoms with Crippen LogP contribution in [0.4, 0.5) is 0 Å². The average Bonchev–Trinajstić information content (AvgIpc) is 2.59. The van der Waals surface area contributed by atoms with Gasteiger partial charge in [-0.25, -0.2) is 0 Å². The van der Waals surface area contributed by atoms with E-state index in [0.717, 1.165) is 37.7 Å². The van der Waals surface area contributed by atoms with Gasteiger partial charge in [-0.15, -0.1) is 0 Å². The molecule has 0 spiro atoms. The van der Waals surface area contributed by atoms with Crippen molar-refractivity contribution in [2.45, 2.75) is 70.5 Å². The Labute approximate surface area is 145 Å². The van der Waals surface area contributed by atoms with Gasteiger partial charge in [0.05, 0.1) is 25.7 Å². The Hall–Kier alpha value is -1.39. The molecule has 1 aromatic rings. The van der Waals surface area contributed by atoms with Crippen LogP contribution < -0.4 is 0 Å². The maximum absolute atomic E-state index is 12.1. The summed E-state index contributed by atoms with van der Waals surface area (Å²) in [6.45, 7) is 4.54. The normalized spacial score (nSPS) is 23.0. The first-order chi connectivity index (χ1) is 11.7. The predicted octanol–water partition coefficient (Wildman–Crippen LogP) is 3.70. The molecule has 0 amide bonds. The van der Waals surface area contributed by atoms with Gasteiger partial charge in [0, 0.05) is 12.1 Å². The highest BCUT2D eigenvalue weighted by Crippen LogP contribution is 2.35. The number of benzene rings is 1. The number of piperidine rings is 1. The van der Waals surface area contributed by atoms with Gasteiger partial charge in [-0.2, -0.15) is 0 Å². The molecule has 24 heavy (non-hydrogen) atoms. The van der Waals surface area contributed by atoms with E-state index in [9.17, 15) is 9.90 Å². The highest BCUT2D eigenvalue weighted by atomic mass is 16.5. The van der Waals surface area contributed by atoms with Gasteiger partial charge in [0.2, 0.25) is 0 Å². The van der Waals surface area contributed by atoms with E-state index in [1.807, 2.05) is 25.1 Å². The molecular weight excluding hydrogens is 302 g/mol. The summed E-state index contributed by atoms with van der Waals surface area (Å²) in [6, 6.07) is 10.7. The number of carbonyl (C=O) groups excluding carboxylic acids is 1. The molecule has 1 aliphatic heterocycles. The van der Waals surface area contributed by atoms with Crippen molar-refractivity contribution in [3.63, 3.8) is 0 Å². The Morgan fingerprint density at radius 1 is 1.25 bits per heavy atom. The smallest absolute Gasteiger partial charge is 0.307 e. The van der Waals surface area contributed by atoms with Gasteiger partial charge in [0.15, 0.2) is 0 Å². The molecule has 4 heteroatoms. The van der Waals surface area contributed by atoms with E-state index in [2.05, 4.69) is 24.0 Å². The number of ether oxygens (including phenoxy) is 1. The Morgan fingerprint density at radius 3 is 2.58 bits per heavy atom. The third-order valence-corrected chi connectivity index (χ3v) is 4.96. The highest BCUT2D eigenvalue weighted by Gasteiger charge is 2.36. The van der Waals surface area contributed by atoms with Crippen molar-refractivity contribution in [1.29, 1.82) is 0 Å². The van der Waals surface area contributed by atoms with E-state index >= 15 is 0 Å². The van der Waals surface area contributed by atoms with Gasteiger partial charge in [-0.1, -0.05) is 50.1 Å². The third-order valence-electron chi connectivity index (χ3n) is 4.96. The number of rotatable bonds is 8. The fourth-order valence-electron chi connectivity index (χ4n) is 3.99. The Bertz CT molecular complexity index is 489. The summed E-state index contributed by atoms with van der Waals surface area (Å²) in [6.07, 6.45) is 5.89. The number of carbonyl (C=O) groups is 1. The van der Waals surface area contributed by atoms with Crippen LogP contribution in [-0.4, -0.2) is 41.3 Å². The molecule has 0 unspecified atom stereocenters. The van der Waals surface area contributed by atoms with Crippen molar-refractivity contribution in [1.82, 2.24) is 4.90 Å². The molecule has 0 saturated carbocycles. The van der Waals surface area contributed by atoms with Crippen LogP contribution in [0.2, 0.25) is 0 Å². The fraction of sp³-hybridized carbons (Fsp3) is 0.650. The number of likely N-dealkylation sites (tertiary alicyclic amines) is 1. The molecule has 1 fully saturated rings. The van der Waals surface area contributed by atoms with Gasteiger partial charge in [0.1, 0.15) is 0 Å². The second kappa shape index (κ2) is 9.80. The number of aliphatic hydroxyl groups is 1. The van der Waals surface area contributed by atoms with Crippen LogP contribution in [0.25, 0.3) is 0 Å². The third kappa shape index (κ3) is 4.81. The summed E-state index contributed by atoms with van der Waals surface area (Å²) < 4.78 is 5.18. The zero-order valence-electron chi connectivity index (χ0n) is 15.0. The molecule has 2 rings (SSSR count). The standard InChI is InChI=1S/C20H31NO3/c1-3-9-17-12-8-13-18(14-20(23)24-4-2)21(17)19(15-22)16-10-6-5-7-11-16/h5-7,10-11,17-19,22H,3-4,8-9,12-15H2,1-2H3/t17-,18-,19-/m0/s1. The zero-order valence-corrected chi connectivity index (χ0v) is 15.0. The Kier molecular flexibility index (Phi) is 7.73. The lowest BCUT2D eigenvalue weighted by Crippen LogP contribution is -2.50. The number of hydrogen-bond donors (Lipinski definition) is 1. The molecule has 0 bridgehead atoms. The minimum absolute atomic E-state index is 0.0533. The van der Waals surface area contributed by atoms with Crippen LogP contribution in [0.3, 0.4) is 0 Å². The van der Waals surface area contributed by atoms with Gasteiger partial charge >= 0.3 is 5.97 Å². The van der Waals surface area contributed by atoms with Gasteiger partial charge in [-0.05, 0) is 31.7 Å². The van der Waals surface area contributed by atoms with Crippen molar-refractivity contribution in [3.8, 4) is 0 Å². The molecule has 1 N–H and O–H groups in total. The maximum Gasteiger partial charge on any atom is 0.307 e. The second-order valence-electron chi connectivity index (χ2n) is 6.59. The Balaban J connectivity index is 2.25. The summed E-state index contributed by atoms with van der Waals surface area (Å²) in [5.74, 6) is -0.130. The first kappa shape index (κ1) is 18.9. The quantitative estimate of drug-likeness (QED) is 0.737. The first-order valence-corrected chi connectivity index (χ1v) is 9.30. The molecule has 1 aliphatic rings. The summed E-state index contributed by atoms with van der Waals surface area (Å²) >= 11 is 0. The molecule has 1 heterocycles. The SMILES string of the molecule is CCC[C@H]1CCC[C@@H](CC(=O)OCC)N1[C@@H](CO)c1ccccc1. The van der Waals surface area contributed by atoms with Crippen molar-refractivity contribution >= 4 is 5.97 Å². The minimum atomic E-state index is -0.130. The van der Waals surface area contributed by atoms with Crippen LogP contribution in [0.1, 0.15) is 64.0 Å². The maximum atomic E-state index is 12.1. The molecule has 0 radical (unpaired) electrons. The lowest BCUT2D eigenvalue weighted by molar-refractivity contribution is -0.146. The summed E-state index contributed by atoms with van der Waals surface area (Å²) in [7, 11) is 0. The monoisotopic (exact) mass is 333 g/mol. The summed E-state index contributed by atoms with van der Waals surface area (Å²) in [5.41, 5.74) is 1.12. The zero-order chi connectivity index (χ0) is 17.4. The van der Waals surface area contributed by atoms with E-state index in [1.165, 1.54) is 0 Å². The molecule has 0 aliphatic carbocycles. The second-order valence-corrected chi connectivity index (χ2v) is 6.59. The largest absolute Gasteiger partial charge is 0.466 e. The van der Waals surface area contributed by atoms with Crippen LogP contribution >= 0.6 is 0 Å². The van der Waals surface area contributed by atoms with Crippen molar-refractivity contribution in [2.24, 2.45) is 0 Å². The molecule has 1 saturated heterocycles. The molecule has 0 aromatic heterocycles. The Morgan fingerprint density at radius 2 is 1.96 bits per heavy atom. The lowest BCUT2D eigenvalue weighted by Gasteiger charge is -2.46. The van der Waals surface area contributed by atoms with Gasteiger partial charge in [0.25, 0.3) is 0 Å². The summed E-state index contributed by atoms with van der Waals surface area (Å²) in [4.78, 5) is 14.5. The van der Waals surface area contributed by atoms with E-state index < -0.39 is 0 Å². The number of hydrogen-bond acceptors (Lipinski definition) is 4. The average molecular weight is 333 g/mol. The van der Waals surface area contributed by atoms with Crippen LogP contribution in [-0.2, 0) is 9.53 Å². The number of nitrogens with zero attached hydrogens (tertiary/aromatic N) is 1. The highest BCUT2D eigenvalue weighted by molar-refractivity contribution is 5.70. The topological polar surface area (TPSA) is 49.8 Å². The molecule has 4 nitrogen and oxygen atoms in total. The van der Waals surface area contributed by atoms with E-state index in [1.54, 1.807) is 0 Å².